The molecule has 5 N–H and O–H groups in total. The molecular weight excluding hydrogens is 1130 g/mol. The summed E-state index contributed by atoms with van der Waals surface area (Å²) in [6.45, 7) is 31.9. The number of esters is 1. The summed E-state index contributed by atoms with van der Waals surface area (Å²) in [5, 5.41) is 13.9. The SMILES string of the molecule is C/C=C/C[C@@H](C)[C@@H](OC(C)=O)[C@H]1C(=O)N[C@@H](CC)C(=O)N(C)CC(=O)N(C)[C@@H](CC(C)C)C(=O)N[C@@H](C(C)C)C(=O)N(C)[C@@H](CC(C)C)C(=O)N[C@@H](C)C(=O)N[C@H](C)C(=O)N(C)[C@@](C)(CC(C)C)C(=O)N[C@@H](CC(C)C)C(=O)N(C)[C@@H](C(C)C)C(=O)N1C. The Kier molecular flexibility index (Phi) is 32.1. The van der Waals surface area contributed by atoms with Crippen LogP contribution in [0.5, 0.6) is 0 Å². The number of nitrogens with zero attached hydrogens (tertiary/aromatic N) is 6. The van der Waals surface area contributed by atoms with Crippen molar-refractivity contribution in [1.82, 2.24) is 56.0 Å². The molecule has 1 aliphatic heterocycles. The average molecular weight is 1240 g/mol. The molecule has 24 nitrogen and oxygen atoms in total. The van der Waals surface area contributed by atoms with Crippen LogP contribution < -0.4 is 26.6 Å². The molecule has 24 heteroatoms. The third kappa shape index (κ3) is 22.1. The van der Waals surface area contributed by atoms with Gasteiger partial charge in [-0.15, -0.1) is 0 Å². The maximum Gasteiger partial charge on any atom is 0.303 e. The molecule has 88 heavy (non-hydrogen) atoms. The fourth-order valence-electron chi connectivity index (χ4n) is 11.2. The van der Waals surface area contributed by atoms with E-state index in [-0.39, 0.29) is 55.8 Å². The maximum atomic E-state index is 15.3. The minimum Gasteiger partial charge on any atom is -0.459 e. The van der Waals surface area contributed by atoms with Gasteiger partial charge in [-0.05, 0) is 108 Å². The molecule has 0 unspecified atom stereocenters. The van der Waals surface area contributed by atoms with E-state index in [1.807, 2.05) is 61.5 Å². The van der Waals surface area contributed by atoms with E-state index < -0.39 is 161 Å². The van der Waals surface area contributed by atoms with Crippen molar-refractivity contribution in [2.75, 3.05) is 48.8 Å². The average Bonchev–Trinajstić information content (AvgIpc) is 2.37. The van der Waals surface area contributed by atoms with Gasteiger partial charge in [0.1, 0.15) is 66.0 Å². The monoisotopic (exact) mass is 1240 g/mol. The van der Waals surface area contributed by atoms with Gasteiger partial charge in [0.05, 0.1) is 6.54 Å². The van der Waals surface area contributed by atoms with E-state index in [0.717, 1.165) is 9.80 Å². The zero-order chi connectivity index (χ0) is 68.3. The Hall–Kier alpha value is -6.62. The van der Waals surface area contributed by atoms with Crippen molar-refractivity contribution in [1.29, 1.82) is 0 Å². The van der Waals surface area contributed by atoms with Crippen molar-refractivity contribution >= 4 is 70.9 Å². The van der Waals surface area contributed by atoms with Gasteiger partial charge in [0.25, 0.3) is 0 Å². The molecule has 1 saturated heterocycles. The fourth-order valence-corrected chi connectivity index (χ4v) is 11.2. The van der Waals surface area contributed by atoms with Gasteiger partial charge in [-0.2, -0.15) is 0 Å². The van der Waals surface area contributed by atoms with E-state index in [9.17, 15) is 43.2 Å². The minimum atomic E-state index is -1.64. The van der Waals surface area contributed by atoms with Crippen LogP contribution in [0.2, 0.25) is 0 Å². The van der Waals surface area contributed by atoms with Crippen molar-refractivity contribution in [3.8, 4) is 0 Å². The van der Waals surface area contributed by atoms with Gasteiger partial charge in [-0.3, -0.25) is 57.5 Å². The molecule has 1 aliphatic rings. The summed E-state index contributed by atoms with van der Waals surface area (Å²) in [6.07, 6.45) is 3.05. The van der Waals surface area contributed by atoms with Crippen LogP contribution in [0.3, 0.4) is 0 Å². The lowest BCUT2D eigenvalue weighted by atomic mass is 9.87. The summed E-state index contributed by atoms with van der Waals surface area (Å²) in [5.74, 6) is -11.0. The first-order chi connectivity index (χ1) is 40.5. The van der Waals surface area contributed by atoms with Gasteiger partial charge in [-0.1, -0.05) is 109 Å². The van der Waals surface area contributed by atoms with E-state index >= 15 is 14.4 Å². The minimum absolute atomic E-state index is 0.00510. The highest BCUT2D eigenvalue weighted by Crippen LogP contribution is 2.28. The predicted octanol–water partition coefficient (Wildman–Crippen LogP) is 3.89. The number of ether oxygens (including phenoxy) is 1. The molecule has 1 rings (SSSR count). The zero-order valence-corrected chi connectivity index (χ0v) is 57.9. The Balaban J connectivity index is 4.43. The first-order valence-corrected chi connectivity index (χ1v) is 31.4. The van der Waals surface area contributed by atoms with Gasteiger partial charge in [0.15, 0.2) is 0 Å². The highest BCUT2D eigenvalue weighted by Gasteiger charge is 2.48. The first kappa shape index (κ1) is 79.4. The predicted molar refractivity (Wildman–Crippen MR) is 338 cm³/mol. The van der Waals surface area contributed by atoms with Crippen LogP contribution in [0.25, 0.3) is 0 Å². The molecular formula is C64H113N11O13. The van der Waals surface area contributed by atoms with E-state index in [2.05, 4.69) is 26.6 Å². The Labute approximate surface area is 525 Å². The normalized spacial score (nSPS) is 27.0. The fraction of sp³-hybridized carbons (Fsp3) is 0.781. The summed E-state index contributed by atoms with van der Waals surface area (Å²) in [6, 6.07) is -11.5. The Bertz CT molecular complexity index is 2470. The number of amides is 11. The quantitative estimate of drug-likeness (QED) is 0.108. The molecule has 0 aromatic rings. The van der Waals surface area contributed by atoms with Crippen LogP contribution in [-0.4, -0.2) is 215 Å². The first-order valence-electron chi connectivity index (χ1n) is 31.4. The van der Waals surface area contributed by atoms with Crippen LogP contribution >= 0.6 is 0 Å². The van der Waals surface area contributed by atoms with Gasteiger partial charge in [-0.25, -0.2) is 0 Å². The Morgan fingerprint density at radius 2 is 1.06 bits per heavy atom. The second-order valence-electron chi connectivity index (χ2n) is 26.9. The number of allylic oxidation sites excluding steroid dienone is 2. The lowest BCUT2D eigenvalue weighted by Gasteiger charge is -2.42. The summed E-state index contributed by atoms with van der Waals surface area (Å²) < 4.78 is 5.92. The lowest BCUT2D eigenvalue weighted by molar-refractivity contribution is -0.163. The standard InChI is InChI=1S/C64H113N11O13/c1-26-28-29-41(15)53(88-44(18)76)52-57(81)67-45(27-2)59(83)70(20)34-49(77)71(21)47(31-36(5)6)56(80)69-50(39(11)12)61(85)72(22)48(32-37(7)8)55(79)65-42(16)54(78)66-43(17)58(82)75(25)64(19,33-38(9)10)63(87)68-46(30-35(3)4)60(84)73(23)51(40(13)14)62(86)74(52)24/h26,28,35-43,45-48,50-53H,27,29-34H2,1-25H3,(H,65,79)(H,66,78)(H,67,81)(H,68,87)(H,69,80)/b28-26+/t41-,42+,43-,45+,46+,47+,48+,50+,51+,52+,53-,64+/m1/s1. The number of nitrogens with one attached hydrogen (secondary N) is 5. The van der Waals surface area contributed by atoms with Crippen molar-refractivity contribution in [3.63, 3.8) is 0 Å². The molecule has 0 bridgehead atoms. The number of rotatable bonds is 16. The van der Waals surface area contributed by atoms with Crippen LogP contribution in [0.1, 0.15) is 170 Å². The molecule has 0 aromatic heterocycles. The van der Waals surface area contributed by atoms with Crippen LogP contribution in [0.4, 0.5) is 0 Å². The smallest absolute Gasteiger partial charge is 0.303 e. The van der Waals surface area contributed by atoms with E-state index in [4.69, 9.17) is 4.74 Å². The maximum absolute atomic E-state index is 15.3. The summed E-state index contributed by atoms with van der Waals surface area (Å²) in [7, 11) is 8.39. The Morgan fingerprint density at radius 1 is 0.557 bits per heavy atom. The van der Waals surface area contributed by atoms with Gasteiger partial charge >= 0.3 is 5.97 Å². The molecule has 0 saturated carbocycles. The molecule has 1 heterocycles. The second-order valence-corrected chi connectivity index (χ2v) is 26.9. The molecule has 0 aliphatic carbocycles. The number of hydrogen-bond donors (Lipinski definition) is 5. The highest BCUT2D eigenvalue weighted by molar-refractivity contribution is 6.00. The van der Waals surface area contributed by atoms with E-state index in [1.54, 1.807) is 61.5 Å². The van der Waals surface area contributed by atoms with Crippen LogP contribution in [-0.2, 0) is 62.3 Å². The molecule has 1 fully saturated rings. The molecule has 502 valence electrons. The van der Waals surface area contributed by atoms with Crippen molar-refractivity contribution in [3.05, 3.63) is 12.2 Å². The van der Waals surface area contributed by atoms with Crippen molar-refractivity contribution in [2.24, 2.45) is 41.4 Å². The third-order valence-electron chi connectivity index (χ3n) is 16.4. The number of carbonyl (C=O) groups is 12. The molecule has 12 atom stereocenters. The number of likely N-dealkylation sites (N-methyl/N-ethyl adjacent to an activating group) is 6. The van der Waals surface area contributed by atoms with E-state index in [0.29, 0.717) is 6.42 Å². The van der Waals surface area contributed by atoms with Gasteiger partial charge in [0, 0.05) is 49.2 Å². The van der Waals surface area contributed by atoms with Crippen LogP contribution in [0.15, 0.2) is 12.2 Å². The zero-order valence-electron chi connectivity index (χ0n) is 57.9. The third-order valence-corrected chi connectivity index (χ3v) is 16.4. The number of carbonyl (C=O) groups excluding carboxylic acids is 12. The summed E-state index contributed by atoms with van der Waals surface area (Å²) >= 11 is 0. The topological polar surface area (TPSA) is 294 Å². The number of hydrogen-bond acceptors (Lipinski definition) is 13. The Morgan fingerprint density at radius 3 is 1.52 bits per heavy atom. The molecule has 11 amide bonds. The second kappa shape index (κ2) is 35.5. The lowest BCUT2D eigenvalue weighted by Crippen LogP contribution is -2.65. The van der Waals surface area contributed by atoms with E-state index in [1.165, 1.54) is 82.7 Å². The van der Waals surface area contributed by atoms with Gasteiger partial charge < -0.3 is 60.7 Å². The summed E-state index contributed by atoms with van der Waals surface area (Å²) in [4.78, 5) is 181. The highest BCUT2D eigenvalue weighted by atomic mass is 16.5. The molecule has 0 radical (unpaired) electrons. The molecule has 0 aromatic carbocycles. The van der Waals surface area contributed by atoms with Crippen molar-refractivity contribution in [2.45, 2.75) is 236 Å². The van der Waals surface area contributed by atoms with Crippen molar-refractivity contribution < 1.29 is 62.3 Å². The largest absolute Gasteiger partial charge is 0.459 e. The summed E-state index contributed by atoms with van der Waals surface area (Å²) in [5.41, 5.74) is -1.64. The van der Waals surface area contributed by atoms with Crippen LogP contribution in [0, 0.1) is 41.4 Å². The van der Waals surface area contributed by atoms with Gasteiger partial charge in [0.2, 0.25) is 65.0 Å². The molecule has 0 spiro atoms.